The van der Waals surface area contributed by atoms with Crippen molar-refractivity contribution >= 4 is 23.3 Å². The zero-order chi connectivity index (χ0) is 15.5. The number of amides is 1. The highest BCUT2D eigenvalue weighted by Crippen LogP contribution is 2.21. The van der Waals surface area contributed by atoms with E-state index in [9.17, 15) is 9.90 Å². The van der Waals surface area contributed by atoms with E-state index in [0.29, 0.717) is 24.5 Å². The molecule has 1 N–H and O–H groups in total. The summed E-state index contributed by atoms with van der Waals surface area (Å²) < 4.78 is 0. The highest BCUT2D eigenvalue weighted by molar-refractivity contribution is 6.30. The summed E-state index contributed by atoms with van der Waals surface area (Å²) in [7, 11) is 1.84. The van der Waals surface area contributed by atoms with E-state index in [4.69, 9.17) is 11.6 Å². The number of carbonyl (C=O) groups is 1. The highest BCUT2D eigenvalue weighted by atomic mass is 35.5. The molecule has 1 amide bonds. The first-order valence-electron chi connectivity index (χ1n) is 7.20. The Hall–Kier alpha value is -1.33. The standard InChI is InChI=1S/C15H22ClN3O2/c1-15(21)6-3-8-19(9-7-15)14(20)11-18(2)13-5-4-12(16)10-17-13/h4-5,10,21H,3,6-9,11H2,1-2H3. The molecule has 0 radical (unpaired) electrons. The monoisotopic (exact) mass is 311 g/mol. The van der Waals surface area contributed by atoms with Crippen LogP contribution in [0.25, 0.3) is 0 Å². The van der Waals surface area contributed by atoms with Gasteiger partial charge >= 0.3 is 0 Å². The molecule has 2 rings (SSSR count). The van der Waals surface area contributed by atoms with E-state index in [1.165, 1.54) is 0 Å². The summed E-state index contributed by atoms with van der Waals surface area (Å²) in [6.45, 7) is 3.42. The van der Waals surface area contributed by atoms with Crippen molar-refractivity contribution in [2.24, 2.45) is 0 Å². The van der Waals surface area contributed by atoms with Crippen molar-refractivity contribution in [3.63, 3.8) is 0 Å². The Labute approximate surface area is 130 Å². The van der Waals surface area contributed by atoms with Crippen molar-refractivity contribution in [3.05, 3.63) is 23.4 Å². The number of halogens is 1. The Morgan fingerprint density at radius 2 is 2.24 bits per heavy atom. The van der Waals surface area contributed by atoms with Crippen LogP contribution in [0.5, 0.6) is 0 Å². The number of likely N-dealkylation sites (tertiary alicyclic amines) is 1. The Bertz CT molecular complexity index is 490. The second-order valence-electron chi connectivity index (χ2n) is 5.92. The molecule has 1 aromatic rings. The molecule has 1 aromatic heterocycles. The molecule has 0 aliphatic carbocycles. The number of hydrogen-bond acceptors (Lipinski definition) is 4. The van der Waals surface area contributed by atoms with Crippen LogP contribution >= 0.6 is 11.6 Å². The van der Waals surface area contributed by atoms with E-state index < -0.39 is 5.60 Å². The van der Waals surface area contributed by atoms with Crippen LogP contribution in [-0.4, -0.2) is 53.2 Å². The molecule has 5 nitrogen and oxygen atoms in total. The van der Waals surface area contributed by atoms with Gasteiger partial charge in [0.1, 0.15) is 5.82 Å². The van der Waals surface area contributed by atoms with E-state index in [1.807, 2.05) is 23.8 Å². The number of carbonyl (C=O) groups excluding carboxylic acids is 1. The minimum Gasteiger partial charge on any atom is -0.390 e. The topological polar surface area (TPSA) is 56.7 Å². The fourth-order valence-electron chi connectivity index (χ4n) is 2.49. The third-order valence-electron chi connectivity index (χ3n) is 3.89. The number of pyridine rings is 1. The molecule has 1 fully saturated rings. The zero-order valence-electron chi connectivity index (χ0n) is 12.5. The van der Waals surface area contributed by atoms with Crippen molar-refractivity contribution in [1.29, 1.82) is 0 Å². The summed E-state index contributed by atoms with van der Waals surface area (Å²) in [6, 6.07) is 3.55. The number of nitrogens with zero attached hydrogens (tertiary/aromatic N) is 3. The fourth-order valence-corrected chi connectivity index (χ4v) is 2.60. The van der Waals surface area contributed by atoms with Crippen molar-refractivity contribution in [1.82, 2.24) is 9.88 Å². The molecule has 1 unspecified atom stereocenters. The Morgan fingerprint density at radius 3 is 2.90 bits per heavy atom. The molecule has 6 heteroatoms. The van der Waals surface area contributed by atoms with Crippen LogP contribution in [0.3, 0.4) is 0 Å². The molecule has 1 saturated heterocycles. The molecule has 0 saturated carbocycles. The van der Waals surface area contributed by atoms with Gasteiger partial charge in [0, 0.05) is 26.3 Å². The first kappa shape index (κ1) is 16.0. The molecule has 1 atom stereocenters. The van der Waals surface area contributed by atoms with Gasteiger partial charge in [-0.15, -0.1) is 0 Å². The van der Waals surface area contributed by atoms with Gasteiger partial charge in [-0.25, -0.2) is 4.98 Å². The lowest BCUT2D eigenvalue weighted by atomic mass is 9.98. The minimum absolute atomic E-state index is 0.0620. The average Bonchev–Trinajstić information content (AvgIpc) is 2.60. The van der Waals surface area contributed by atoms with E-state index >= 15 is 0 Å². The van der Waals surface area contributed by atoms with Gasteiger partial charge in [0.2, 0.25) is 5.91 Å². The molecule has 0 spiro atoms. The van der Waals surface area contributed by atoms with Crippen molar-refractivity contribution < 1.29 is 9.90 Å². The fraction of sp³-hybridized carbons (Fsp3) is 0.600. The minimum atomic E-state index is -0.654. The van der Waals surface area contributed by atoms with Gasteiger partial charge in [-0.2, -0.15) is 0 Å². The number of aliphatic hydroxyl groups is 1. The third-order valence-corrected chi connectivity index (χ3v) is 4.12. The normalized spacial score (nSPS) is 22.8. The second-order valence-corrected chi connectivity index (χ2v) is 6.36. The maximum atomic E-state index is 12.4. The molecule has 116 valence electrons. The molecule has 2 heterocycles. The van der Waals surface area contributed by atoms with Gasteiger partial charge in [-0.1, -0.05) is 11.6 Å². The van der Waals surface area contributed by atoms with Crippen molar-refractivity contribution in [2.45, 2.75) is 31.8 Å². The molecular weight excluding hydrogens is 290 g/mol. The quantitative estimate of drug-likeness (QED) is 0.927. The largest absolute Gasteiger partial charge is 0.390 e. The summed E-state index contributed by atoms with van der Waals surface area (Å²) >= 11 is 5.81. The average molecular weight is 312 g/mol. The van der Waals surface area contributed by atoms with Crippen LogP contribution in [-0.2, 0) is 4.79 Å². The molecule has 21 heavy (non-hydrogen) atoms. The van der Waals surface area contributed by atoms with Crippen LogP contribution in [0.2, 0.25) is 5.02 Å². The van der Waals surface area contributed by atoms with Crippen LogP contribution < -0.4 is 4.90 Å². The molecule has 0 aromatic carbocycles. The van der Waals surface area contributed by atoms with Crippen molar-refractivity contribution in [2.75, 3.05) is 31.6 Å². The molecular formula is C15H22ClN3O2. The Balaban J connectivity index is 1.93. The van der Waals surface area contributed by atoms with Gasteiger partial charge in [0.25, 0.3) is 0 Å². The summed E-state index contributed by atoms with van der Waals surface area (Å²) in [4.78, 5) is 20.2. The third kappa shape index (κ3) is 4.58. The van der Waals surface area contributed by atoms with Gasteiger partial charge in [0.05, 0.1) is 17.2 Å². The van der Waals surface area contributed by atoms with Crippen LogP contribution in [0.15, 0.2) is 18.3 Å². The maximum absolute atomic E-state index is 12.4. The molecule has 1 aliphatic rings. The van der Waals surface area contributed by atoms with E-state index in [-0.39, 0.29) is 12.5 Å². The zero-order valence-corrected chi connectivity index (χ0v) is 13.3. The molecule has 0 bridgehead atoms. The lowest BCUT2D eigenvalue weighted by Crippen LogP contribution is -2.40. The van der Waals surface area contributed by atoms with Crippen LogP contribution in [0, 0.1) is 0 Å². The van der Waals surface area contributed by atoms with Gasteiger partial charge in [-0.05, 0) is 38.3 Å². The van der Waals surface area contributed by atoms with Crippen LogP contribution in [0.4, 0.5) is 5.82 Å². The summed E-state index contributed by atoms with van der Waals surface area (Å²) in [5, 5.41) is 10.6. The van der Waals surface area contributed by atoms with E-state index in [0.717, 1.165) is 18.7 Å². The number of rotatable bonds is 3. The Morgan fingerprint density at radius 1 is 1.48 bits per heavy atom. The summed E-state index contributed by atoms with van der Waals surface area (Å²) in [5.41, 5.74) is -0.654. The van der Waals surface area contributed by atoms with Gasteiger partial charge in [0.15, 0.2) is 0 Å². The predicted octanol–water partition coefficient (Wildman–Crippen LogP) is 1.93. The second kappa shape index (κ2) is 6.62. The van der Waals surface area contributed by atoms with E-state index in [1.54, 1.807) is 18.3 Å². The number of anilines is 1. The van der Waals surface area contributed by atoms with E-state index in [2.05, 4.69) is 4.98 Å². The molecule has 1 aliphatic heterocycles. The van der Waals surface area contributed by atoms with Gasteiger partial charge in [-0.3, -0.25) is 4.79 Å². The van der Waals surface area contributed by atoms with Gasteiger partial charge < -0.3 is 14.9 Å². The summed E-state index contributed by atoms with van der Waals surface area (Å²) in [6.07, 6.45) is 3.77. The Kier molecular flexibility index (Phi) is 5.06. The summed E-state index contributed by atoms with van der Waals surface area (Å²) in [5.74, 6) is 0.779. The maximum Gasteiger partial charge on any atom is 0.242 e. The van der Waals surface area contributed by atoms with Crippen LogP contribution in [0.1, 0.15) is 26.2 Å². The lowest BCUT2D eigenvalue weighted by molar-refractivity contribution is -0.129. The predicted molar refractivity (Wildman–Crippen MR) is 83.6 cm³/mol. The first-order chi connectivity index (χ1) is 9.87. The first-order valence-corrected chi connectivity index (χ1v) is 7.58. The number of hydrogen-bond donors (Lipinski definition) is 1. The lowest BCUT2D eigenvalue weighted by Gasteiger charge is -2.25. The van der Waals surface area contributed by atoms with Crippen molar-refractivity contribution in [3.8, 4) is 0 Å². The smallest absolute Gasteiger partial charge is 0.242 e. The number of likely N-dealkylation sites (N-methyl/N-ethyl adjacent to an activating group) is 1. The SMILES string of the molecule is CN(CC(=O)N1CCCC(C)(O)CC1)c1ccc(Cl)cn1. The highest BCUT2D eigenvalue weighted by Gasteiger charge is 2.27. The number of aromatic nitrogens is 1.